The van der Waals surface area contributed by atoms with Crippen molar-refractivity contribution in [2.45, 2.75) is 26.3 Å². The van der Waals surface area contributed by atoms with E-state index in [9.17, 15) is 9.18 Å². The Morgan fingerprint density at radius 1 is 1.34 bits per heavy atom. The number of benzene rings is 1. The Bertz CT molecular complexity index is 1070. The molecule has 0 radical (unpaired) electrons. The van der Waals surface area contributed by atoms with Gasteiger partial charge in [0.15, 0.2) is 0 Å². The molecule has 1 aromatic heterocycles. The Morgan fingerprint density at radius 3 is 2.83 bits per heavy atom. The van der Waals surface area contributed by atoms with Gasteiger partial charge in [0.1, 0.15) is 5.82 Å². The number of methoxy groups -OCH3 is 1. The van der Waals surface area contributed by atoms with Crippen molar-refractivity contribution in [2.75, 3.05) is 12.4 Å². The van der Waals surface area contributed by atoms with E-state index < -0.39 is 11.4 Å². The van der Waals surface area contributed by atoms with Crippen LogP contribution in [0.1, 0.15) is 25.3 Å². The highest BCUT2D eigenvalue weighted by Gasteiger charge is 2.13. The number of halogens is 3. The first-order valence-corrected chi connectivity index (χ1v) is 9.79. The molecule has 0 aliphatic heterocycles. The molecule has 0 saturated carbocycles. The summed E-state index contributed by atoms with van der Waals surface area (Å²) in [6.45, 7) is 2.33. The zero-order valence-electron chi connectivity index (χ0n) is 16.0. The van der Waals surface area contributed by atoms with Gasteiger partial charge in [-0.3, -0.25) is 4.79 Å². The van der Waals surface area contributed by atoms with E-state index >= 15 is 0 Å². The van der Waals surface area contributed by atoms with Gasteiger partial charge in [-0.25, -0.2) is 4.39 Å². The van der Waals surface area contributed by atoms with Crippen molar-refractivity contribution < 1.29 is 9.13 Å². The topological polar surface area (TPSA) is 56.1 Å². The van der Waals surface area contributed by atoms with E-state index in [4.69, 9.17) is 27.9 Å². The van der Waals surface area contributed by atoms with Gasteiger partial charge >= 0.3 is 5.56 Å². The number of ether oxygens (including phenoxy) is 1. The van der Waals surface area contributed by atoms with Crippen molar-refractivity contribution >= 4 is 29.2 Å². The summed E-state index contributed by atoms with van der Waals surface area (Å²) < 4.78 is 20.3. The van der Waals surface area contributed by atoms with Crippen LogP contribution in [0, 0.1) is 5.82 Å². The van der Waals surface area contributed by atoms with Crippen molar-refractivity contribution in [1.82, 2.24) is 9.55 Å². The normalized spacial score (nSPS) is 13.9. The van der Waals surface area contributed by atoms with Crippen LogP contribution in [0.2, 0.25) is 5.02 Å². The largest absolute Gasteiger partial charge is 0.490 e. The molecule has 0 saturated heterocycles. The summed E-state index contributed by atoms with van der Waals surface area (Å²) in [6, 6.07) is 4.47. The molecule has 1 heterocycles. The standard InChI is InChI=1S/C21H20Cl2FN3O2/c1-3-14-10-15(22)5-4-6-18(14)25-21-26-20(28)19(29-2)12-27(21)11-13-7-8-17(24)16(23)9-13/h4,6-10,12H,3,5,11H2,1-2H3,(H,25,26,28). The van der Waals surface area contributed by atoms with Gasteiger partial charge in [-0.1, -0.05) is 42.3 Å². The predicted molar refractivity (Wildman–Crippen MR) is 114 cm³/mol. The average Bonchev–Trinajstić information content (AvgIpc) is 2.87. The van der Waals surface area contributed by atoms with Crippen LogP contribution in [0.3, 0.4) is 0 Å². The number of hydrogen-bond acceptors (Lipinski definition) is 4. The molecule has 5 nitrogen and oxygen atoms in total. The molecule has 2 aromatic rings. The molecular formula is C21H20Cl2FN3O2. The van der Waals surface area contributed by atoms with Crippen LogP contribution in [-0.2, 0) is 6.54 Å². The second-order valence-electron chi connectivity index (χ2n) is 6.43. The van der Waals surface area contributed by atoms with Gasteiger partial charge in [0.25, 0.3) is 0 Å². The number of nitrogens with one attached hydrogen (secondary N) is 1. The number of hydrogen-bond donors (Lipinski definition) is 1. The van der Waals surface area contributed by atoms with Crippen LogP contribution in [0.4, 0.5) is 10.3 Å². The van der Waals surface area contributed by atoms with E-state index in [1.54, 1.807) is 16.8 Å². The SMILES string of the molecule is CCC1=C(Nc2nc(=O)c(OC)cn2Cc2ccc(F)c(Cl)c2)C=CCC(Cl)=C1. The lowest BCUT2D eigenvalue weighted by Gasteiger charge is -2.17. The van der Waals surface area contributed by atoms with Gasteiger partial charge in [-0.15, -0.1) is 0 Å². The molecule has 0 unspecified atom stereocenters. The minimum atomic E-state index is -0.492. The molecule has 0 amide bonds. The molecule has 0 spiro atoms. The Balaban J connectivity index is 2.04. The number of anilines is 1. The lowest BCUT2D eigenvalue weighted by Crippen LogP contribution is -2.20. The molecule has 0 fully saturated rings. The van der Waals surface area contributed by atoms with E-state index in [0.717, 1.165) is 28.3 Å². The third-order valence-electron chi connectivity index (χ3n) is 4.42. The molecule has 3 rings (SSSR count). The van der Waals surface area contributed by atoms with Crippen molar-refractivity contribution in [1.29, 1.82) is 0 Å². The van der Waals surface area contributed by atoms with Gasteiger partial charge in [0.05, 0.1) is 24.9 Å². The molecule has 1 aliphatic rings. The summed E-state index contributed by atoms with van der Waals surface area (Å²) in [6.07, 6.45) is 8.71. The van der Waals surface area contributed by atoms with Crippen LogP contribution < -0.4 is 15.6 Å². The first kappa shape index (κ1) is 21.1. The lowest BCUT2D eigenvalue weighted by atomic mass is 10.1. The zero-order valence-corrected chi connectivity index (χ0v) is 17.5. The monoisotopic (exact) mass is 435 g/mol. The van der Waals surface area contributed by atoms with Crippen LogP contribution in [0.25, 0.3) is 0 Å². The summed E-state index contributed by atoms with van der Waals surface area (Å²) in [5, 5.41) is 3.99. The van der Waals surface area contributed by atoms with E-state index in [0.29, 0.717) is 18.9 Å². The third kappa shape index (κ3) is 5.08. The maximum atomic E-state index is 13.5. The number of nitrogens with zero attached hydrogens (tertiary/aromatic N) is 2. The van der Waals surface area contributed by atoms with Crippen molar-refractivity contribution in [3.05, 3.63) is 85.7 Å². The van der Waals surface area contributed by atoms with Crippen molar-refractivity contribution in [3.8, 4) is 5.75 Å². The Kier molecular flexibility index (Phi) is 6.77. The minimum Gasteiger partial charge on any atom is -0.490 e. The number of allylic oxidation sites excluding steroid dienone is 5. The fourth-order valence-corrected chi connectivity index (χ4v) is 3.35. The van der Waals surface area contributed by atoms with Crippen LogP contribution in [-0.4, -0.2) is 16.7 Å². The quantitative estimate of drug-likeness (QED) is 0.672. The maximum absolute atomic E-state index is 13.5. The minimum absolute atomic E-state index is 0.0282. The van der Waals surface area contributed by atoms with E-state index in [-0.39, 0.29) is 10.8 Å². The van der Waals surface area contributed by atoms with Crippen LogP contribution in [0.15, 0.2) is 63.7 Å². The molecule has 0 bridgehead atoms. The molecule has 1 aromatic carbocycles. The summed E-state index contributed by atoms with van der Waals surface area (Å²) in [7, 11) is 1.41. The Hall–Kier alpha value is -2.57. The van der Waals surface area contributed by atoms with E-state index in [1.165, 1.54) is 19.2 Å². The van der Waals surface area contributed by atoms with Crippen LogP contribution in [0.5, 0.6) is 5.75 Å². The smallest absolute Gasteiger partial charge is 0.316 e. The predicted octanol–water partition coefficient (Wildman–Crippen LogP) is 5.25. The van der Waals surface area contributed by atoms with Gasteiger partial charge in [0.2, 0.25) is 11.7 Å². The Labute approximate surface area is 178 Å². The third-order valence-corrected chi connectivity index (χ3v) is 4.97. The van der Waals surface area contributed by atoms with Crippen LogP contribution >= 0.6 is 23.2 Å². The molecule has 0 atom stereocenters. The van der Waals surface area contributed by atoms with Gasteiger partial charge in [-0.05, 0) is 41.8 Å². The second-order valence-corrected chi connectivity index (χ2v) is 7.32. The fourth-order valence-electron chi connectivity index (χ4n) is 2.93. The highest BCUT2D eigenvalue weighted by molar-refractivity contribution is 6.30. The summed E-state index contributed by atoms with van der Waals surface area (Å²) in [5.41, 5.74) is 2.04. The average molecular weight is 436 g/mol. The fraction of sp³-hybridized carbons (Fsp3) is 0.238. The first-order chi connectivity index (χ1) is 13.9. The van der Waals surface area contributed by atoms with Crippen molar-refractivity contribution in [3.63, 3.8) is 0 Å². The summed E-state index contributed by atoms with van der Waals surface area (Å²) in [5.74, 6) is -0.0598. The zero-order chi connectivity index (χ0) is 21.0. The van der Waals surface area contributed by atoms with E-state index in [1.807, 2.05) is 25.2 Å². The summed E-state index contributed by atoms with van der Waals surface area (Å²) in [4.78, 5) is 16.4. The van der Waals surface area contributed by atoms with Gasteiger partial charge < -0.3 is 14.6 Å². The molecule has 152 valence electrons. The summed E-state index contributed by atoms with van der Waals surface area (Å²) >= 11 is 12.1. The molecule has 8 heteroatoms. The first-order valence-electron chi connectivity index (χ1n) is 9.03. The lowest BCUT2D eigenvalue weighted by molar-refractivity contribution is 0.402. The second kappa shape index (κ2) is 9.29. The number of rotatable bonds is 6. The van der Waals surface area contributed by atoms with Crippen molar-refractivity contribution in [2.24, 2.45) is 0 Å². The Morgan fingerprint density at radius 2 is 2.14 bits per heavy atom. The number of aromatic nitrogens is 2. The molecule has 1 N–H and O–H groups in total. The highest BCUT2D eigenvalue weighted by Crippen LogP contribution is 2.24. The molecule has 1 aliphatic carbocycles. The molecule has 29 heavy (non-hydrogen) atoms. The van der Waals surface area contributed by atoms with E-state index in [2.05, 4.69) is 10.3 Å². The highest BCUT2D eigenvalue weighted by atomic mass is 35.5. The maximum Gasteiger partial charge on any atom is 0.316 e. The molecular weight excluding hydrogens is 416 g/mol. The van der Waals surface area contributed by atoms with Gasteiger partial charge in [0, 0.05) is 17.2 Å². The van der Waals surface area contributed by atoms with Gasteiger partial charge in [-0.2, -0.15) is 4.98 Å².